The SMILES string of the molecule is CCCCC(CC)CP1(=C(C)O)CCCCCCCC1. The second-order valence-electron chi connectivity index (χ2n) is 6.86. The molecule has 1 fully saturated rings. The maximum absolute atomic E-state index is 10.5. The van der Waals surface area contributed by atoms with E-state index in [1.54, 1.807) is 0 Å². The van der Waals surface area contributed by atoms with E-state index in [-0.39, 0.29) is 0 Å². The minimum Gasteiger partial charge on any atom is -0.366 e. The van der Waals surface area contributed by atoms with Crippen molar-refractivity contribution in [3.63, 3.8) is 0 Å². The molecular formula is C18H37OP. The minimum absolute atomic E-state index is 0.842. The van der Waals surface area contributed by atoms with Gasteiger partial charge in [0.2, 0.25) is 0 Å². The smallest absolute Gasteiger partial charge is 0.0415 e. The summed E-state index contributed by atoms with van der Waals surface area (Å²) in [5.74, 6) is 0.853. The van der Waals surface area contributed by atoms with Gasteiger partial charge >= 0.3 is 0 Å². The van der Waals surface area contributed by atoms with Crippen LogP contribution >= 0.6 is 6.89 Å². The van der Waals surface area contributed by atoms with Gasteiger partial charge in [-0.2, -0.15) is 0 Å². The molecule has 0 saturated carbocycles. The molecule has 1 aliphatic heterocycles. The number of aliphatic hydroxyl groups is 1. The number of rotatable bonds is 6. The summed E-state index contributed by atoms with van der Waals surface area (Å²) in [6.07, 6.45) is 17.7. The highest BCUT2D eigenvalue weighted by Crippen LogP contribution is 2.53. The summed E-state index contributed by atoms with van der Waals surface area (Å²) >= 11 is 0. The van der Waals surface area contributed by atoms with Crippen molar-refractivity contribution in [1.29, 1.82) is 0 Å². The molecule has 1 nitrogen and oxygen atoms in total. The van der Waals surface area contributed by atoms with Crippen molar-refractivity contribution in [3.05, 3.63) is 0 Å². The molecular weight excluding hydrogens is 263 g/mol. The van der Waals surface area contributed by atoms with E-state index in [9.17, 15) is 5.11 Å². The van der Waals surface area contributed by atoms with Gasteiger partial charge in [0, 0.05) is 5.48 Å². The first-order chi connectivity index (χ1) is 9.64. The summed E-state index contributed by atoms with van der Waals surface area (Å²) in [5, 5.41) is 10.5. The Bertz CT molecular complexity index is 291. The van der Waals surface area contributed by atoms with Crippen LogP contribution in [0.2, 0.25) is 0 Å². The van der Waals surface area contributed by atoms with Crippen molar-refractivity contribution in [3.8, 4) is 0 Å². The van der Waals surface area contributed by atoms with Crippen LogP contribution in [0.1, 0.15) is 85.0 Å². The number of aliphatic hydroxyl groups excluding tert-OH is 1. The number of hydrogen-bond acceptors (Lipinski definition) is 0. The Balaban J connectivity index is 2.80. The van der Waals surface area contributed by atoms with Gasteiger partial charge in [0.15, 0.2) is 0 Å². The van der Waals surface area contributed by atoms with E-state index < -0.39 is 6.89 Å². The van der Waals surface area contributed by atoms with Gasteiger partial charge < -0.3 is 5.11 Å². The van der Waals surface area contributed by atoms with Crippen LogP contribution in [0.4, 0.5) is 0 Å². The molecule has 1 aliphatic rings. The average molecular weight is 300 g/mol. The molecule has 1 unspecified atom stereocenters. The van der Waals surface area contributed by atoms with Crippen LogP contribution in [0, 0.1) is 5.92 Å². The molecule has 0 bridgehead atoms. The van der Waals surface area contributed by atoms with Crippen LogP contribution in [0.15, 0.2) is 0 Å². The Hall–Kier alpha value is 0.260. The van der Waals surface area contributed by atoms with E-state index in [1.165, 1.54) is 82.7 Å². The van der Waals surface area contributed by atoms with Gasteiger partial charge in [0.1, 0.15) is 0 Å². The van der Waals surface area contributed by atoms with Crippen LogP contribution in [0.3, 0.4) is 0 Å². The first-order valence-electron chi connectivity index (χ1n) is 9.03. The Morgan fingerprint density at radius 1 is 1.00 bits per heavy atom. The molecule has 120 valence electrons. The summed E-state index contributed by atoms with van der Waals surface area (Å²) < 4.78 is 0. The van der Waals surface area contributed by atoms with Crippen LogP contribution in [0.25, 0.3) is 0 Å². The van der Waals surface area contributed by atoms with E-state index in [4.69, 9.17) is 0 Å². The molecule has 1 atom stereocenters. The zero-order chi connectivity index (χ0) is 14.8. The summed E-state index contributed by atoms with van der Waals surface area (Å²) in [7, 11) is 0. The first-order valence-corrected chi connectivity index (χ1v) is 11.4. The van der Waals surface area contributed by atoms with Crippen molar-refractivity contribution in [1.82, 2.24) is 0 Å². The highest BCUT2D eigenvalue weighted by molar-refractivity contribution is 7.75. The van der Waals surface area contributed by atoms with Crippen LogP contribution in [-0.4, -0.2) is 29.1 Å². The molecule has 0 amide bonds. The largest absolute Gasteiger partial charge is 0.366 e. The van der Waals surface area contributed by atoms with Gasteiger partial charge in [-0.05, 0) is 44.2 Å². The molecule has 0 aromatic carbocycles. The number of unbranched alkanes of at least 4 members (excludes halogenated alkanes) is 1. The van der Waals surface area contributed by atoms with Gasteiger partial charge in [-0.1, -0.05) is 72.1 Å². The zero-order valence-corrected chi connectivity index (χ0v) is 15.1. The fourth-order valence-corrected chi connectivity index (χ4v) is 8.29. The summed E-state index contributed by atoms with van der Waals surface area (Å²) in [6, 6.07) is 0. The first kappa shape index (κ1) is 18.3. The minimum atomic E-state index is -1.20. The van der Waals surface area contributed by atoms with Crippen molar-refractivity contribution >= 4 is 12.4 Å². The number of hydrogen-bond donors (Lipinski definition) is 1. The molecule has 1 saturated heterocycles. The van der Waals surface area contributed by atoms with E-state index in [1.807, 2.05) is 6.92 Å². The molecule has 0 spiro atoms. The summed E-state index contributed by atoms with van der Waals surface area (Å²) in [5.41, 5.74) is 0.842. The predicted octanol–water partition coefficient (Wildman–Crippen LogP) is 6.10. The molecule has 0 aromatic heterocycles. The normalized spacial score (nSPS) is 21.6. The Morgan fingerprint density at radius 3 is 2.00 bits per heavy atom. The van der Waals surface area contributed by atoms with Crippen molar-refractivity contribution in [2.75, 3.05) is 18.5 Å². The average Bonchev–Trinajstić information content (AvgIpc) is 2.56. The van der Waals surface area contributed by atoms with Gasteiger partial charge in [0.05, 0.1) is 0 Å². The molecule has 1 heterocycles. The van der Waals surface area contributed by atoms with E-state index in [2.05, 4.69) is 13.8 Å². The molecule has 0 aromatic rings. The lowest BCUT2D eigenvalue weighted by molar-refractivity contribution is 0.494. The monoisotopic (exact) mass is 300 g/mol. The molecule has 20 heavy (non-hydrogen) atoms. The quantitative estimate of drug-likeness (QED) is 0.588. The highest BCUT2D eigenvalue weighted by Gasteiger charge is 2.24. The third-order valence-electron chi connectivity index (χ3n) is 5.26. The lowest BCUT2D eigenvalue weighted by Gasteiger charge is -2.31. The van der Waals surface area contributed by atoms with Gasteiger partial charge in [-0.15, -0.1) is 0 Å². The Labute approximate surface area is 127 Å². The third kappa shape index (κ3) is 5.94. The predicted molar refractivity (Wildman–Crippen MR) is 95.1 cm³/mol. The molecule has 0 radical (unpaired) electrons. The van der Waals surface area contributed by atoms with E-state index in [0.717, 1.165) is 11.4 Å². The maximum atomic E-state index is 10.5. The molecule has 0 aliphatic carbocycles. The van der Waals surface area contributed by atoms with Crippen molar-refractivity contribution in [2.45, 2.75) is 85.0 Å². The highest BCUT2D eigenvalue weighted by atomic mass is 31.2. The maximum Gasteiger partial charge on any atom is 0.0415 e. The third-order valence-corrected chi connectivity index (χ3v) is 10.2. The standard InChI is InChI=1S/C18H37OP/c1-4-6-13-18(5-2)16-20(17(3)19)14-11-9-7-8-10-12-15-20/h18-19H,4-16H2,1-3H3. The fourth-order valence-electron chi connectivity index (χ4n) is 3.70. The fraction of sp³-hybridized carbons (Fsp3) is 0.944. The van der Waals surface area contributed by atoms with Crippen molar-refractivity contribution in [2.24, 2.45) is 5.92 Å². The lowest BCUT2D eigenvalue weighted by Crippen LogP contribution is -2.15. The van der Waals surface area contributed by atoms with Gasteiger partial charge in [0.25, 0.3) is 0 Å². The molecule has 2 heteroatoms. The van der Waals surface area contributed by atoms with Crippen LogP contribution in [-0.2, 0) is 0 Å². The molecule has 1 N–H and O–H groups in total. The van der Waals surface area contributed by atoms with E-state index >= 15 is 0 Å². The zero-order valence-electron chi connectivity index (χ0n) is 14.2. The second kappa shape index (κ2) is 10.1. The summed E-state index contributed by atoms with van der Waals surface area (Å²) in [4.78, 5) is 0. The summed E-state index contributed by atoms with van der Waals surface area (Å²) in [6.45, 7) is 5.46. The van der Waals surface area contributed by atoms with Crippen molar-refractivity contribution < 1.29 is 5.11 Å². The Kier molecular flexibility index (Phi) is 9.21. The van der Waals surface area contributed by atoms with Crippen LogP contribution in [0.5, 0.6) is 0 Å². The Morgan fingerprint density at radius 2 is 1.55 bits per heavy atom. The molecule has 1 rings (SSSR count). The van der Waals surface area contributed by atoms with Gasteiger partial charge in [-0.25, -0.2) is 0 Å². The topological polar surface area (TPSA) is 20.2 Å². The lowest BCUT2D eigenvalue weighted by atomic mass is 10.0. The van der Waals surface area contributed by atoms with E-state index in [0.29, 0.717) is 0 Å². The van der Waals surface area contributed by atoms with Crippen LogP contribution < -0.4 is 0 Å². The van der Waals surface area contributed by atoms with Gasteiger partial charge in [-0.3, -0.25) is 0 Å². The second-order valence-corrected chi connectivity index (χ2v) is 11.1.